The summed E-state index contributed by atoms with van der Waals surface area (Å²) in [5.74, 6) is 0.688. The second-order valence-electron chi connectivity index (χ2n) is 3.78. The summed E-state index contributed by atoms with van der Waals surface area (Å²) < 4.78 is 5.26. The standard InChI is InChI=1S/C11H20N2O2/c1-2-5-13-11(14)9-12-8-10-3-6-15-7-4-10/h2,10,12H,1,3-9H2,(H,13,14). The van der Waals surface area contributed by atoms with Crippen LogP contribution in [0.25, 0.3) is 0 Å². The predicted octanol–water partition coefficient (Wildman–Crippen LogP) is 0.305. The fourth-order valence-electron chi connectivity index (χ4n) is 1.59. The number of carbonyl (C=O) groups excluding carboxylic acids is 1. The highest BCUT2D eigenvalue weighted by Crippen LogP contribution is 2.12. The molecule has 0 aliphatic carbocycles. The number of nitrogens with one attached hydrogen (secondary N) is 2. The fraction of sp³-hybridized carbons (Fsp3) is 0.727. The minimum atomic E-state index is 0.0296. The van der Waals surface area contributed by atoms with E-state index in [-0.39, 0.29) is 5.91 Å². The minimum Gasteiger partial charge on any atom is -0.381 e. The quantitative estimate of drug-likeness (QED) is 0.623. The van der Waals surface area contributed by atoms with Crippen LogP contribution in [-0.4, -0.2) is 38.8 Å². The fourth-order valence-corrected chi connectivity index (χ4v) is 1.59. The topological polar surface area (TPSA) is 50.4 Å². The maximum absolute atomic E-state index is 11.2. The first-order chi connectivity index (χ1) is 7.33. The summed E-state index contributed by atoms with van der Waals surface area (Å²) >= 11 is 0. The van der Waals surface area contributed by atoms with E-state index in [1.165, 1.54) is 0 Å². The van der Waals surface area contributed by atoms with Crippen LogP contribution < -0.4 is 10.6 Å². The average Bonchev–Trinajstić information content (AvgIpc) is 2.28. The molecule has 0 aromatic carbocycles. The molecule has 1 amide bonds. The van der Waals surface area contributed by atoms with Gasteiger partial charge >= 0.3 is 0 Å². The summed E-state index contributed by atoms with van der Waals surface area (Å²) in [4.78, 5) is 11.2. The highest BCUT2D eigenvalue weighted by Gasteiger charge is 2.13. The summed E-state index contributed by atoms with van der Waals surface area (Å²) in [5.41, 5.74) is 0. The van der Waals surface area contributed by atoms with Crippen LogP contribution in [0.4, 0.5) is 0 Å². The normalized spacial score (nSPS) is 17.3. The van der Waals surface area contributed by atoms with Crippen molar-refractivity contribution in [1.82, 2.24) is 10.6 Å². The van der Waals surface area contributed by atoms with E-state index in [9.17, 15) is 4.79 Å². The van der Waals surface area contributed by atoms with Gasteiger partial charge in [0.05, 0.1) is 6.54 Å². The Morgan fingerprint density at radius 1 is 1.47 bits per heavy atom. The van der Waals surface area contributed by atoms with E-state index in [1.54, 1.807) is 6.08 Å². The predicted molar refractivity (Wildman–Crippen MR) is 59.6 cm³/mol. The van der Waals surface area contributed by atoms with E-state index in [0.29, 0.717) is 19.0 Å². The summed E-state index contributed by atoms with van der Waals surface area (Å²) in [6, 6.07) is 0. The molecule has 15 heavy (non-hydrogen) atoms. The highest BCUT2D eigenvalue weighted by molar-refractivity contribution is 5.78. The first kappa shape index (κ1) is 12.2. The first-order valence-corrected chi connectivity index (χ1v) is 5.49. The van der Waals surface area contributed by atoms with Crippen molar-refractivity contribution in [1.29, 1.82) is 0 Å². The van der Waals surface area contributed by atoms with Crippen LogP contribution in [0.1, 0.15) is 12.8 Å². The van der Waals surface area contributed by atoms with Crippen LogP contribution >= 0.6 is 0 Å². The Morgan fingerprint density at radius 2 is 2.20 bits per heavy atom. The molecule has 0 bridgehead atoms. The number of ether oxygens (including phenoxy) is 1. The number of rotatable bonds is 6. The van der Waals surface area contributed by atoms with Crippen molar-refractivity contribution < 1.29 is 9.53 Å². The van der Waals surface area contributed by atoms with E-state index in [0.717, 1.165) is 32.6 Å². The first-order valence-electron chi connectivity index (χ1n) is 5.49. The number of hydrogen-bond acceptors (Lipinski definition) is 3. The molecule has 1 heterocycles. The van der Waals surface area contributed by atoms with Gasteiger partial charge in [-0.2, -0.15) is 0 Å². The third-order valence-electron chi connectivity index (χ3n) is 2.50. The van der Waals surface area contributed by atoms with Gasteiger partial charge in [0, 0.05) is 19.8 Å². The van der Waals surface area contributed by atoms with Gasteiger partial charge in [0.1, 0.15) is 0 Å². The van der Waals surface area contributed by atoms with Gasteiger partial charge in [0.25, 0.3) is 0 Å². The number of hydrogen-bond donors (Lipinski definition) is 2. The van der Waals surface area contributed by atoms with E-state index >= 15 is 0 Å². The Labute approximate surface area is 91.1 Å². The lowest BCUT2D eigenvalue weighted by Gasteiger charge is -2.22. The van der Waals surface area contributed by atoms with Crippen molar-refractivity contribution in [3.05, 3.63) is 12.7 Å². The van der Waals surface area contributed by atoms with E-state index in [1.807, 2.05) is 0 Å². The largest absolute Gasteiger partial charge is 0.381 e. The maximum atomic E-state index is 11.2. The Hall–Kier alpha value is -0.870. The molecule has 4 heteroatoms. The highest BCUT2D eigenvalue weighted by atomic mass is 16.5. The van der Waals surface area contributed by atoms with Gasteiger partial charge < -0.3 is 15.4 Å². The zero-order valence-electron chi connectivity index (χ0n) is 9.13. The summed E-state index contributed by atoms with van der Waals surface area (Å²) in [6.07, 6.45) is 3.87. The van der Waals surface area contributed by atoms with Gasteiger partial charge in [-0.1, -0.05) is 6.08 Å². The third kappa shape index (κ3) is 5.54. The molecule has 1 fully saturated rings. The van der Waals surface area contributed by atoms with Gasteiger partial charge in [-0.25, -0.2) is 0 Å². The van der Waals surface area contributed by atoms with E-state index in [4.69, 9.17) is 4.74 Å². The van der Waals surface area contributed by atoms with Crippen molar-refractivity contribution in [2.75, 3.05) is 32.8 Å². The Bertz CT molecular complexity index is 201. The van der Waals surface area contributed by atoms with Crippen LogP contribution in [0, 0.1) is 5.92 Å². The lowest BCUT2D eigenvalue weighted by atomic mass is 10.0. The number of carbonyl (C=O) groups is 1. The molecule has 0 radical (unpaired) electrons. The Morgan fingerprint density at radius 3 is 2.87 bits per heavy atom. The summed E-state index contributed by atoms with van der Waals surface area (Å²) in [5, 5.41) is 5.89. The van der Waals surface area contributed by atoms with Gasteiger partial charge in [-0.05, 0) is 25.3 Å². The van der Waals surface area contributed by atoms with Crippen LogP contribution in [0.3, 0.4) is 0 Å². The molecule has 0 spiro atoms. The van der Waals surface area contributed by atoms with Gasteiger partial charge in [0.2, 0.25) is 5.91 Å². The average molecular weight is 212 g/mol. The molecular formula is C11H20N2O2. The molecule has 1 aliphatic rings. The second-order valence-corrected chi connectivity index (χ2v) is 3.78. The Kier molecular flexibility index (Phi) is 6.04. The zero-order chi connectivity index (χ0) is 10.9. The molecule has 1 aliphatic heterocycles. The van der Waals surface area contributed by atoms with Crippen molar-refractivity contribution >= 4 is 5.91 Å². The molecule has 1 saturated heterocycles. The molecule has 0 unspecified atom stereocenters. The molecule has 0 aromatic rings. The van der Waals surface area contributed by atoms with E-state index in [2.05, 4.69) is 17.2 Å². The SMILES string of the molecule is C=CCNC(=O)CNCC1CCOCC1. The van der Waals surface area contributed by atoms with Gasteiger partial charge in [-0.15, -0.1) is 6.58 Å². The molecular weight excluding hydrogens is 192 g/mol. The van der Waals surface area contributed by atoms with Crippen molar-refractivity contribution in [2.24, 2.45) is 5.92 Å². The van der Waals surface area contributed by atoms with Crippen LogP contribution in [-0.2, 0) is 9.53 Å². The van der Waals surface area contributed by atoms with Crippen LogP contribution in [0.15, 0.2) is 12.7 Å². The summed E-state index contributed by atoms with van der Waals surface area (Å²) in [6.45, 7) is 7.09. The van der Waals surface area contributed by atoms with Crippen LogP contribution in [0.2, 0.25) is 0 Å². The van der Waals surface area contributed by atoms with Gasteiger partial charge in [0.15, 0.2) is 0 Å². The third-order valence-corrected chi connectivity index (χ3v) is 2.50. The second kappa shape index (κ2) is 7.43. The molecule has 2 N–H and O–H groups in total. The smallest absolute Gasteiger partial charge is 0.234 e. The van der Waals surface area contributed by atoms with Crippen molar-refractivity contribution in [3.63, 3.8) is 0 Å². The van der Waals surface area contributed by atoms with Gasteiger partial charge in [-0.3, -0.25) is 4.79 Å². The molecule has 4 nitrogen and oxygen atoms in total. The summed E-state index contributed by atoms with van der Waals surface area (Å²) in [7, 11) is 0. The molecule has 86 valence electrons. The lowest BCUT2D eigenvalue weighted by Crippen LogP contribution is -2.37. The van der Waals surface area contributed by atoms with E-state index < -0.39 is 0 Å². The maximum Gasteiger partial charge on any atom is 0.234 e. The van der Waals surface area contributed by atoms with Crippen molar-refractivity contribution in [3.8, 4) is 0 Å². The molecule has 1 rings (SSSR count). The molecule has 0 saturated carbocycles. The molecule has 0 aromatic heterocycles. The van der Waals surface area contributed by atoms with Crippen LogP contribution in [0.5, 0.6) is 0 Å². The minimum absolute atomic E-state index is 0.0296. The van der Waals surface area contributed by atoms with Crippen molar-refractivity contribution in [2.45, 2.75) is 12.8 Å². The lowest BCUT2D eigenvalue weighted by molar-refractivity contribution is -0.120. The monoisotopic (exact) mass is 212 g/mol. The number of amides is 1. The molecule has 0 atom stereocenters. The Balaban J connectivity index is 1.99. The zero-order valence-corrected chi connectivity index (χ0v) is 9.13.